The van der Waals surface area contributed by atoms with E-state index in [-0.39, 0.29) is 5.91 Å². The largest absolute Gasteiger partial charge is 0.362 e. The van der Waals surface area contributed by atoms with Gasteiger partial charge in [-0.1, -0.05) is 17.7 Å². The molecule has 1 aliphatic rings. The second-order valence-electron chi connectivity index (χ2n) is 4.88. The van der Waals surface area contributed by atoms with E-state index in [9.17, 15) is 4.79 Å². The molecule has 3 nitrogen and oxygen atoms in total. The number of nitrogens with zero attached hydrogens (tertiary/aromatic N) is 2. The molecule has 0 aliphatic carbocycles. The van der Waals surface area contributed by atoms with Crippen molar-refractivity contribution in [1.29, 1.82) is 0 Å². The third-order valence-corrected chi connectivity index (χ3v) is 3.37. The zero-order valence-electron chi connectivity index (χ0n) is 10.9. The molecule has 0 bridgehead atoms. The highest BCUT2D eigenvalue weighted by Gasteiger charge is 2.19. The first-order valence-corrected chi connectivity index (χ1v) is 6.14. The SMILES string of the molecule is Cc1ccc(N2CCCN(C)C(=O)C2)c(C)c1. The maximum Gasteiger partial charge on any atom is 0.241 e. The predicted molar refractivity (Wildman–Crippen MR) is 70.4 cm³/mol. The Morgan fingerprint density at radius 3 is 2.65 bits per heavy atom. The maximum atomic E-state index is 11.9. The van der Waals surface area contributed by atoms with Gasteiger partial charge in [0.2, 0.25) is 5.91 Å². The molecule has 1 saturated heterocycles. The van der Waals surface area contributed by atoms with Crippen LogP contribution in [0.15, 0.2) is 18.2 Å². The van der Waals surface area contributed by atoms with Crippen molar-refractivity contribution in [3.63, 3.8) is 0 Å². The Balaban J connectivity index is 2.24. The predicted octanol–water partition coefficient (Wildman–Crippen LogP) is 1.97. The highest BCUT2D eigenvalue weighted by atomic mass is 16.2. The fraction of sp³-hybridized carbons (Fsp3) is 0.500. The lowest BCUT2D eigenvalue weighted by Gasteiger charge is -2.24. The number of aryl methyl sites for hydroxylation is 2. The number of rotatable bonds is 1. The second kappa shape index (κ2) is 4.78. The minimum atomic E-state index is 0.211. The Bertz CT molecular complexity index is 428. The summed E-state index contributed by atoms with van der Waals surface area (Å²) in [4.78, 5) is 15.9. The Morgan fingerprint density at radius 2 is 1.94 bits per heavy atom. The zero-order chi connectivity index (χ0) is 12.4. The smallest absolute Gasteiger partial charge is 0.241 e. The Hall–Kier alpha value is -1.51. The molecule has 0 saturated carbocycles. The second-order valence-corrected chi connectivity index (χ2v) is 4.88. The lowest BCUT2D eigenvalue weighted by molar-refractivity contribution is -0.127. The number of amides is 1. The van der Waals surface area contributed by atoms with E-state index in [2.05, 4.69) is 36.9 Å². The molecule has 0 radical (unpaired) electrons. The third kappa shape index (κ3) is 2.60. The number of hydrogen-bond donors (Lipinski definition) is 0. The van der Waals surface area contributed by atoms with Gasteiger partial charge in [-0.25, -0.2) is 0 Å². The van der Waals surface area contributed by atoms with Crippen LogP contribution in [0.4, 0.5) is 5.69 Å². The summed E-state index contributed by atoms with van der Waals surface area (Å²) in [5.41, 5.74) is 3.71. The number of hydrogen-bond acceptors (Lipinski definition) is 2. The van der Waals surface area contributed by atoms with E-state index < -0.39 is 0 Å². The van der Waals surface area contributed by atoms with Crippen molar-refractivity contribution in [3.05, 3.63) is 29.3 Å². The fourth-order valence-corrected chi connectivity index (χ4v) is 2.35. The molecule has 17 heavy (non-hydrogen) atoms. The van der Waals surface area contributed by atoms with Gasteiger partial charge in [0.05, 0.1) is 6.54 Å². The van der Waals surface area contributed by atoms with Crippen molar-refractivity contribution in [3.8, 4) is 0 Å². The molecule has 1 aliphatic heterocycles. The Kier molecular flexibility index (Phi) is 3.36. The van der Waals surface area contributed by atoms with Crippen LogP contribution in [0.5, 0.6) is 0 Å². The number of carbonyl (C=O) groups is 1. The molecule has 0 atom stereocenters. The van der Waals surface area contributed by atoms with E-state index in [4.69, 9.17) is 0 Å². The average molecular weight is 232 g/mol. The normalized spacial score (nSPS) is 17.2. The van der Waals surface area contributed by atoms with E-state index in [0.717, 1.165) is 19.5 Å². The molecule has 1 heterocycles. The summed E-state index contributed by atoms with van der Waals surface area (Å²) < 4.78 is 0. The minimum absolute atomic E-state index is 0.211. The molecule has 0 unspecified atom stereocenters. The first-order valence-electron chi connectivity index (χ1n) is 6.14. The average Bonchev–Trinajstić information content (AvgIpc) is 2.42. The van der Waals surface area contributed by atoms with Crippen LogP contribution >= 0.6 is 0 Å². The quantitative estimate of drug-likeness (QED) is 0.739. The molecule has 2 rings (SSSR count). The molecule has 1 aromatic carbocycles. The summed E-state index contributed by atoms with van der Waals surface area (Å²) in [7, 11) is 1.88. The van der Waals surface area contributed by atoms with Crippen LogP contribution in [-0.4, -0.2) is 37.5 Å². The summed E-state index contributed by atoms with van der Waals surface area (Å²) in [6, 6.07) is 6.42. The standard InChI is InChI=1S/C14H20N2O/c1-11-5-6-13(12(2)9-11)16-8-4-7-15(3)14(17)10-16/h5-6,9H,4,7-8,10H2,1-3H3. The number of benzene rings is 1. The van der Waals surface area contributed by atoms with E-state index in [1.807, 2.05) is 11.9 Å². The van der Waals surface area contributed by atoms with Crippen LogP contribution in [0, 0.1) is 13.8 Å². The van der Waals surface area contributed by atoms with Crippen LogP contribution < -0.4 is 4.90 Å². The Morgan fingerprint density at radius 1 is 1.18 bits per heavy atom. The molecule has 1 fully saturated rings. The summed E-state index contributed by atoms with van der Waals surface area (Å²) in [6.07, 6.45) is 1.04. The summed E-state index contributed by atoms with van der Waals surface area (Å²) in [6.45, 7) is 6.53. The van der Waals surface area contributed by atoms with Gasteiger partial charge in [0.1, 0.15) is 0 Å². The van der Waals surface area contributed by atoms with Crippen LogP contribution in [0.3, 0.4) is 0 Å². The van der Waals surface area contributed by atoms with Gasteiger partial charge >= 0.3 is 0 Å². The first kappa shape index (κ1) is 12.0. The number of carbonyl (C=O) groups excluding carboxylic acids is 1. The van der Waals surface area contributed by atoms with Crippen LogP contribution in [0.25, 0.3) is 0 Å². The molecule has 0 spiro atoms. The molecule has 1 amide bonds. The molecule has 92 valence electrons. The van der Waals surface area contributed by atoms with E-state index in [1.54, 1.807) is 0 Å². The molecule has 0 aromatic heterocycles. The minimum Gasteiger partial charge on any atom is -0.362 e. The van der Waals surface area contributed by atoms with Crippen LogP contribution in [0.2, 0.25) is 0 Å². The topological polar surface area (TPSA) is 23.6 Å². The molecule has 1 aromatic rings. The molecule has 0 N–H and O–H groups in total. The highest BCUT2D eigenvalue weighted by molar-refractivity contribution is 5.82. The maximum absolute atomic E-state index is 11.9. The lowest BCUT2D eigenvalue weighted by Crippen LogP contribution is -2.34. The summed E-state index contributed by atoms with van der Waals surface area (Å²) in [5, 5.41) is 0. The van der Waals surface area contributed by atoms with Gasteiger partial charge in [0.25, 0.3) is 0 Å². The van der Waals surface area contributed by atoms with E-state index in [0.29, 0.717) is 6.54 Å². The van der Waals surface area contributed by atoms with Gasteiger partial charge in [-0.15, -0.1) is 0 Å². The van der Waals surface area contributed by atoms with Gasteiger partial charge in [0, 0.05) is 25.8 Å². The third-order valence-electron chi connectivity index (χ3n) is 3.37. The molecular formula is C14H20N2O. The Labute approximate surface area is 103 Å². The summed E-state index contributed by atoms with van der Waals surface area (Å²) >= 11 is 0. The van der Waals surface area contributed by atoms with Gasteiger partial charge in [0.15, 0.2) is 0 Å². The molecular weight excluding hydrogens is 212 g/mol. The van der Waals surface area contributed by atoms with Crippen molar-refractivity contribution in [2.45, 2.75) is 20.3 Å². The fourth-order valence-electron chi connectivity index (χ4n) is 2.35. The zero-order valence-corrected chi connectivity index (χ0v) is 10.9. The monoisotopic (exact) mass is 232 g/mol. The first-order chi connectivity index (χ1) is 8.08. The van der Waals surface area contributed by atoms with Crippen LogP contribution in [0.1, 0.15) is 17.5 Å². The van der Waals surface area contributed by atoms with E-state index >= 15 is 0 Å². The van der Waals surface area contributed by atoms with Crippen LogP contribution in [-0.2, 0) is 4.79 Å². The lowest BCUT2D eigenvalue weighted by atomic mass is 10.1. The van der Waals surface area contributed by atoms with Crippen molar-refractivity contribution in [1.82, 2.24) is 4.90 Å². The van der Waals surface area contributed by atoms with Crippen molar-refractivity contribution in [2.24, 2.45) is 0 Å². The summed E-state index contributed by atoms with van der Waals surface area (Å²) in [5.74, 6) is 0.211. The van der Waals surface area contributed by atoms with Crippen molar-refractivity contribution < 1.29 is 4.79 Å². The number of likely N-dealkylation sites (N-methyl/N-ethyl adjacent to an activating group) is 1. The van der Waals surface area contributed by atoms with Gasteiger partial charge in [-0.2, -0.15) is 0 Å². The number of anilines is 1. The van der Waals surface area contributed by atoms with Gasteiger partial charge < -0.3 is 9.80 Å². The van der Waals surface area contributed by atoms with Crippen molar-refractivity contribution >= 4 is 11.6 Å². The van der Waals surface area contributed by atoms with Gasteiger partial charge in [-0.05, 0) is 31.9 Å². The van der Waals surface area contributed by atoms with E-state index in [1.165, 1.54) is 16.8 Å². The van der Waals surface area contributed by atoms with Crippen molar-refractivity contribution in [2.75, 3.05) is 31.6 Å². The highest BCUT2D eigenvalue weighted by Crippen LogP contribution is 2.22. The molecule has 3 heteroatoms. The van der Waals surface area contributed by atoms with Gasteiger partial charge in [-0.3, -0.25) is 4.79 Å².